The Morgan fingerprint density at radius 3 is 2.83 bits per heavy atom. The van der Waals surface area contributed by atoms with Crippen LogP contribution in [-0.2, 0) is 5.41 Å². The van der Waals surface area contributed by atoms with Gasteiger partial charge in [0.25, 0.3) is 0 Å². The van der Waals surface area contributed by atoms with Gasteiger partial charge in [0.1, 0.15) is 0 Å². The summed E-state index contributed by atoms with van der Waals surface area (Å²) in [5, 5.41) is 9.93. The van der Waals surface area contributed by atoms with Crippen LogP contribution in [0.3, 0.4) is 0 Å². The van der Waals surface area contributed by atoms with Crippen molar-refractivity contribution in [2.45, 2.75) is 37.0 Å². The number of aliphatic hydroxyl groups excluding tert-OH is 1. The lowest BCUT2D eigenvalue weighted by Gasteiger charge is -2.39. The van der Waals surface area contributed by atoms with Gasteiger partial charge in [-0.3, -0.25) is 0 Å². The standard InChI is InChI=1S/C17H21F2NO3/c1-20-8-7-17(6-5-12(21)10-15(17)20)11-3-4-13(22-2)14(9-11)23-16(18)19/h3-6,9,12,15-16,21H,7-8,10H2,1-2H3/t12-,15-,17-/m0/s1. The molecule has 23 heavy (non-hydrogen) atoms. The maximum Gasteiger partial charge on any atom is 0.387 e. The molecule has 0 unspecified atom stereocenters. The molecule has 1 saturated heterocycles. The van der Waals surface area contributed by atoms with Crippen molar-refractivity contribution in [3.63, 3.8) is 0 Å². The molecule has 1 aromatic carbocycles. The second-order valence-corrected chi connectivity index (χ2v) is 6.19. The summed E-state index contributed by atoms with van der Waals surface area (Å²) in [6, 6.07) is 5.33. The van der Waals surface area contributed by atoms with Crippen LogP contribution in [0.2, 0.25) is 0 Å². The van der Waals surface area contributed by atoms with Crippen LogP contribution < -0.4 is 9.47 Å². The van der Waals surface area contributed by atoms with Crippen molar-refractivity contribution < 1.29 is 23.4 Å². The lowest BCUT2D eigenvalue weighted by Crippen LogP contribution is -2.44. The van der Waals surface area contributed by atoms with Crippen LogP contribution in [0.5, 0.6) is 11.5 Å². The fourth-order valence-electron chi connectivity index (χ4n) is 3.84. The van der Waals surface area contributed by atoms with Crippen LogP contribution in [0, 0.1) is 0 Å². The van der Waals surface area contributed by atoms with E-state index in [-0.39, 0.29) is 23.0 Å². The number of nitrogens with zero attached hydrogens (tertiary/aromatic N) is 1. The molecular weight excluding hydrogens is 304 g/mol. The lowest BCUT2D eigenvalue weighted by molar-refractivity contribution is -0.0513. The number of likely N-dealkylation sites (tertiary alicyclic amines) is 1. The number of benzene rings is 1. The number of alkyl halides is 2. The van der Waals surface area contributed by atoms with Gasteiger partial charge in [0.15, 0.2) is 11.5 Å². The molecule has 1 heterocycles. The number of rotatable bonds is 4. The predicted molar refractivity (Wildman–Crippen MR) is 82.1 cm³/mol. The normalized spacial score (nSPS) is 30.5. The van der Waals surface area contributed by atoms with E-state index >= 15 is 0 Å². The van der Waals surface area contributed by atoms with E-state index in [4.69, 9.17) is 4.74 Å². The van der Waals surface area contributed by atoms with Gasteiger partial charge in [-0.05, 0) is 44.1 Å². The minimum atomic E-state index is -2.90. The summed E-state index contributed by atoms with van der Waals surface area (Å²) in [7, 11) is 3.45. The zero-order chi connectivity index (χ0) is 16.6. The van der Waals surface area contributed by atoms with Crippen molar-refractivity contribution in [3.05, 3.63) is 35.9 Å². The van der Waals surface area contributed by atoms with Crippen molar-refractivity contribution in [1.82, 2.24) is 4.90 Å². The Bertz CT molecular complexity index is 608. The quantitative estimate of drug-likeness (QED) is 0.864. The molecule has 1 aromatic rings. The number of likely N-dealkylation sites (N-methyl/N-ethyl adjacent to an activating group) is 1. The highest BCUT2D eigenvalue weighted by atomic mass is 19.3. The molecule has 1 N–H and O–H groups in total. The van der Waals surface area contributed by atoms with E-state index in [1.165, 1.54) is 7.11 Å². The smallest absolute Gasteiger partial charge is 0.387 e. The van der Waals surface area contributed by atoms with Gasteiger partial charge in [0.2, 0.25) is 0 Å². The van der Waals surface area contributed by atoms with Crippen molar-refractivity contribution in [1.29, 1.82) is 0 Å². The van der Waals surface area contributed by atoms with Gasteiger partial charge < -0.3 is 19.5 Å². The second kappa shape index (κ2) is 6.09. The Morgan fingerprint density at radius 1 is 1.35 bits per heavy atom. The molecule has 1 aliphatic carbocycles. The molecule has 0 aromatic heterocycles. The van der Waals surface area contributed by atoms with E-state index in [2.05, 4.69) is 9.64 Å². The Labute approximate surface area is 134 Å². The highest BCUT2D eigenvalue weighted by Gasteiger charge is 2.48. The second-order valence-electron chi connectivity index (χ2n) is 6.19. The number of methoxy groups -OCH3 is 1. The topological polar surface area (TPSA) is 41.9 Å². The predicted octanol–water partition coefficient (Wildman–Crippen LogP) is 2.56. The van der Waals surface area contributed by atoms with E-state index in [0.717, 1.165) is 18.5 Å². The molecule has 126 valence electrons. The lowest BCUT2D eigenvalue weighted by atomic mass is 9.69. The largest absolute Gasteiger partial charge is 0.493 e. The fourth-order valence-corrected chi connectivity index (χ4v) is 3.84. The highest BCUT2D eigenvalue weighted by Crippen LogP contribution is 2.47. The van der Waals surface area contributed by atoms with Gasteiger partial charge in [-0.1, -0.05) is 18.2 Å². The number of fused-ring (bicyclic) bond motifs is 1. The number of ether oxygens (including phenoxy) is 2. The number of hydrogen-bond donors (Lipinski definition) is 1. The summed E-state index contributed by atoms with van der Waals surface area (Å²) in [5.41, 5.74) is 0.618. The zero-order valence-corrected chi connectivity index (χ0v) is 13.2. The number of aliphatic hydroxyl groups is 1. The maximum absolute atomic E-state index is 12.7. The molecule has 0 spiro atoms. The third-order valence-electron chi connectivity index (χ3n) is 5.00. The molecule has 2 aliphatic rings. The first-order valence-electron chi connectivity index (χ1n) is 7.67. The van der Waals surface area contributed by atoms with Crippen LogP contribution in [0.15, 0.2) is 30.4 Å². The fraction of sp³-hybridized carbons (Fsp3) is 0.529. The van der Waals surface area contributed by atoms with E-state index in [0.29, 0.717) is 6.42 Å². The van der Waals surface area contributed by atoms with Crippen molar-refractivity contribution in [2.24, 2.45) is 0 Å². The summed E-state index contributed by atoms with van der Waals surface area (Å²) < 4.78 is 35.0. The van der Waals surface area contributed by atoms with Crippen LogP contribution in [0.4, 0.5) is 8.78 Å². The molecule has 0 bridgehead atoms. The Morgan fingerprint density at radius 2 is 2.13 bits per heavy atom. The third-order valence-corrected chi connectivity index (χ3v) is 5.00. The van der Waals surface area contributed by atoms with Crippen LogP contribution in [0.1, 0.15) is 18.4 Å². The van der Waals surface area contributed by atoms with Gasteiger partial charge in [-0.25, -0.2) is 0 Å². The zero-order valence-electron chi connectivity index (χ0n) is 13.2. The summed E-state index contributed by atoms with van der Waals surface area (Å²) in [6.07, 6.45) is 4.85. The Kier molecular flexibility index (Phi) is 4.29. The molecule has 3 rings (SSSR count). The van der Waals surface area contributed by atoms with Crippen LogP contribution >= 0.6 is 0 Å². The molecular formula is C17H21F2NO3. The Balaban J connectivity index is 2.04. The summed E-state index contributed by atoms with van der Waals surface area (Å²) in [4.78, 5) is 2.21. The van der Waals surface area contributed by atoms with Crippen molar-refractivity contribution in [3.8, 4) is 11.5 Å². The minimum Gasteiger partial charge on any atom is -0.493 e. The number of halogens is 2. The molecule has 0 saturated carbocycles. The first-order chi connectivity index (χ1) is 11.0. The molecule has 3 atom stereocenters. The van der Waals surface area contributed by atoms with Gasteiger partial charge in [-0.15, -0.1) is 0 Å². The Hall–Kier alpha value is -1.66. The van der Waals surface area contributed by atoms with Crippen LogP contribution in [0.25, 0.3) is 0 Å². The first kappa shape index (κ1) is 16.2. The molecule has 0 radical (unpaired) electrons. The monoisotopic (exact) mass is 325 g/mol. The van der Waals surface area contributed by atoms with Crippen molar-refractivity contribution in [2.75, 3.05) is 20.7 Å². The molecule has 1 aliphatic heterocycles. The third kappa shape index (κ3) is 2.81. The molecule has 1 fully saturated rings. The van der Waals surface area contributed by atoms with Crippen molar-refractivity contribution >= 4 is 0 Å². The highest BCUT2D eigenvalue weighted by molar-refractivity contribution is 5.48. The molecule has 4 nitrogen and oxygen atoms in total. The SMILES string of the molecule is COc1ccc([C@@]23C=C[C@H](O)C[C@@H]2N(C)CC3)cc1OC(F)F. The minimum absolute atomic E-state index is 0.0437. The average Bonchev–Trinajstić information content (AvgIpc) is 2.85. The number of hydrogen-bond acceptors (Lipinski definition) is 4. The molecule has 0 amide bonds. The van der Waals surface area contributed by atoms with E-state index in [1.54, 1.807) is 18.2 Å². The van der Waals surface area contributed by atoms with E-state index < -0.39 is 12.7 Å². The average molecular weight is 325 g/mol. The summed E-state index contributed by atoms with van der Waals surface area (Å²) in [5.74, 6) is 0.329. The first-order valence-corrected chi connectivity index (χ1v) is 7.67. The van der Waals surface area contributed by atoms with Crippen LogP contribution in [-0.4, -0.2) is 49.5 Å². The van der Waals surface area contributed by atoms with Gasteiger partial charge >= 0.3 is 6.61 Å². The van der Waals surface area contributed by atoms with E-state index in [1.807, 2.05) is 19.2 Å². The van der Waals surface area contributed by atoms with Gasteiger partial charge in [-0.2, -0.15) is 8.78 Å². The van der Waals surface area contributed by atoms with Gasteiger partial charge in [0.05, 0.1) is 13.2 Å². The van der Waals surface area contributed by atoms with E-state index in [9.17, 15) is 13.9 Å². The molecule has 6 heteroatoms. The maximum atomic E-state index is 12.7. The summed E-state index contributed by atoms with van der Waals surface area (Å²) >= 11 is 0. The summed E-state index contributed by atoms with van der Waals surface area (Å²) in [6.45, 7) is -2.01. The van der Waals surface area contributed by atoms with Gasteiger partial charge in [0, 0.05) is 11.5 Å².